The van der Waals surface area contributed by atoms with Crippen molar-refractivity contribution in [2.75, 3.05) is 13.2 Å². The number of unbranched alkanes of at least 4 members (excludes halogenated alkanes) is 69. The van der Waals surface area contributed by atoms with E-state index < -0.39 is 12.1 Å². The number of hydrogen-bond donors (Lipinski definition) is 3. The minimum Gasteiger partial charge on any atom is -0.466 e. The quantitative estimate of drug-likeness (QED) is 0.0320. The van der Waals surface area contributed by atoms with Crippen molar-refractivity contribution in [3.05, 3.63) is 24.3 Å². The molecule has 0 aromatic carbocycles. The zero-order valence-corrected chi connectivity index (χ0v) is 64.9. The number of allylic oxidation sites excluding steroid dienone is 4. The Morgan fingerprint density at radius 2 is 0.526 bits per heavy atom. The van der Waals surface area contributed by atoms with Gasteiger partial charge in [-0.1, -0.05) is 462 Å². The first-order valence-electron chi connectivity index (χ1n) is 44.1. The first-order valence-corrected chi connectivity index (χ1v) is 44.1. The van der Waals surface area contributed by atoms with Crippen LogP contribution in [0, 0.1) is 0 Å². The van der Waals surface area contributed by atoms with Crippen molar-refractivity contribution in [2.45, 2.75) is 520 Å². The first-order chi connectivity index (χ1) is 47.0. The van der Waals surface area contributed by atoms with Crippen molar-refractivity contribution in [3.63, 3.8) is 0 Å². The molecule has 0 rings (SSSR count). The summed E-state index contributed by atoms with van der Waals surface area (Å²) >= 11 is 0. The average molecular weight is 1340 g/mol. The van der Waals surface area contributed by atoms with E-state index >= 15 is 0 Å². The van der Waals surface area contributed by atoms with Crippen LogP contribution in [0.1, 0.15) is 508 Å². The van der Waals surface area contributed by atoms with Gasteiger partial charge in [-0.25, -0.2) is 0 Å². The molecule has 0 heterocycles. The lowest BCUT2D eigenvalue weighted by atomic mass is 10.0. The Kier molecular flexibility index (Phi) is 83.3. The molecular weight excluding hydrogens is 1160 g/mol. The van der Waals surface area contributed by atoms with Crippen LogP contribution < -0.4 is 5.32 Å². The summed E-state index contributed by atoms with van der Waals surface area (Å²) in [6.45, 7) is 4.99. The second-order valence-corrected chi connectivity index (χ2v) is 30.6. The highest BCUT2D eigenvalue weighted by molar-refractivity contribution is 5.76. The van der Waals surface area contributed by atoms with Gasteiger partial charge in [-0.2, -0.15) is 0 Å². The summed E-state index contributed by atoms with van der Waals surface area (Å²) in [6.07, 6.45) is 110. The lowest BCUT2D eigenvalue weighted by Gasteiger charge is -2.22. The van der Waals surface area contributed by atoms with Crippen LogP contribution in [0.3, 0.4) is 0 Å². The number of nitrogens with one attached hydrogen (secondary N) is 1. The van der Waals surface area contributed by atoms with Crippen LogP contribution in [0.25, 0.3) is 0 Å². The Bertz CT molecular complexity index is 1500. The van der Waals surface area contributed by atoms with E-state index in [-0.39, 0.29) is 18.5 Å². The summed E-state index contributed by atoms with van der Waals surface area (Å²) < 4.78 is 5.50. The number of esters is 1. The van der Waals surface area contributed by atoms with Gasteiger partial charge in [0.25, 0.3) is 0 Å². The van der Waals surface area contributed by atoms with Gasteiger partial charge in [0.05, 0.1) is 25.4 Å². The van der Waals surface area contributed by atoms with Crippen LogP contribution in [0.4, 0.5) is 0 Å². The Balaban J connectivity index is 3.30. The SMILES string of the molecule is CCCCCC/C=C\C/C=C\CCCCCCCC(=O)OCCCCCCCCCCCCCCCCCCCCCCCCCCCCCCCCCCCCCCCCCC(=O)NC(CO)C(O)CCCCCCCCCCCCCCCCCCCCCCCCC. The van der Waals surface area contributed by atoms with Crippen LogP contribution in [-0.4, -0.2) is 47.4 Å². The fourth-order valence-corrected chi connectivity index (χ4v) is 14.3. The number of aliphatic hydroxyl groups is 2. The summed E-state index contributed by atoms with van der Waals surface area (Å²) in [4.78, 5) is 24.7. The molecule has 564 valence electrons. The highest BCUT2D eigenvalue weighted by Crippen LogP contribution is 2.21. The molecule has 0 saturated carbocycles. The third kappa shape index (κ3) is 81.2. The molecule has 0 saturated heterocycles. The zero-order valence-electron chi connectivity index (χ0n) is 64.9. The van der Waals surface area contributed by atoms with E-state index in [4.69, 9.17) is 4.74 Å². The van der Waals surface area contributed by atoms with Crippen molar-refractivity contribution in [2.24, 2.45) is 0 Å². The number of carbonyl (C=O) groups excluding carboxylic acids is 2. The molecule has 95 heavy (non-hydrogen) atoms. The van der Waals surface area contributed by atoms with Crippen molar-refractivity contribution in [3.8, 4) is 0 Å². The van der Waals surface area contributed by atoms with Gasteiger partial charge >= 0.3 is 5.97 Å². The molecule has 6 heteroatoms. The number of aliphatic hydroxyl groups excluding tert-OH is 2. The Morgan fingerprint density at radius 1 is 0.295 bits per heavy atom. The highest BCUT2D eigenvalue weighted by atomic mass is 16.5. The van der Waals surface area contributed by atoms with E-state index in [1.54, 1.807) is 0 Å². The molecule has 0 fully saturated rings. The Hall–Kier alpha value is -1.66. The molecule has 2 unspecified atom stereocenters. The fourth-order valence-electron chi connectivity index (χ4n) is 14.3. The van der Waals surface area contributed by atoms with E-state index in [0.717, 1.165) is 51.4 Å². The average Bonchev–Trinajstić information content (AvgIpc) is 3.06. The Labute approximate surface area is 596 Å². The van der Waals surface area contributed by atoms with Gasteiger partial charge in [-0.15, -0.1) is 0 Å². The maximum Gasteiger partial charge on any atom is 0.305 e. The smallest absolute Gasteiger partial charge is 0.305 e. The van der Waals surface area contributed by atoms with Crippen molar-refractivity contribution in [1.82, 2.24) is 5.32 Å². The molecule has 0 aliphatic rings. The molecule has 1 amide bonds. The number of carbonyl (C=O) groups is 2. The van der Waals surface area contributed by atoms with Crippen LogP contribution in [0.2, 0.25) is 0 Å². The lowest BCUT2D eigenvalue weighted by Crippen LogP contribution is -2.45. The van der Waals surface area contributed by atoms with Gasteiger partial charge in [0, 0.05) is 12.8 Å². The van der Waals surface area contributed by atoms with Gasteiger partial charge in [-0.3, -0.25) is 9.59 Å². The summed E-state index contributed by atoms with van der Waals surface area (Å²) in [5, 5.41) is 23.5. The monoisotopic (exact) mass is 1340 g/mol. The number of amides is 1. The topological polar surface area (TPSA) is 95.9 Å². The summed E-state index contributed by atoms with van der Waals surface area (Å²) in [5.74, 6) is -0.0109. The normalized spacial score (nSPS) is 12.5. The van der Waals surface area contributed by atoms with E-state index in [1.165, 1.54) is 424 Å². The van der Waals surface area contributed by atoms with Crippen molar-refractivity contribution in [1.29, 1.82) is 0 Å². The minimum atomic E-state index is -0.661. The number of rotatable bonds is 84. The van der Waals surface area contributed by atoms with Crippen LogP contribution in [-0.2, 0) is 14.3 Å². The van der Waals surface area contributed by atoms with Gasteiger partial charge in [0.2, 0.25) is 5.91 Å². The molecule has 0 bridgehead atoms. The van der Waals surface area contributed by atoms with E-state index in [0.29, 0.717) is 25.9 Å². The predicted molar refractivity (Wildman–Crippen MR) is 421 cm³/mol. The van der Waals surface area contributed by atoms with E-state index in [9.17, 15) is 19.8 Å². The van der Waals surface area contributed by atoms with Gasteiger partial charge < -0.3 is 20.3 Å². The lowest BCUT2D eigenvalue weighted by molar-refractivity contribution is -0.143. The van der Waals surface area contributed by atoms with E-state index in [2.05, 4.69) is 43.5 Å². The Morgan fingerprint density at radius 3 is 0.811 bits per heavy atom. The summed E-state index contributed by atoms with van der Waals surface area (Å²) in [6, 6.07) is -0.538. The fraction of sp³-hybridized carbons (Fsp3) is 0.933. The maximum absolute atomic E-state index is 12.6. The van der Waals surface area contributed by atoms with Crippen molar-refractivity contribution < 1.29 is 24.5 Å². The zero-order chi connectivity index (χ0) is 68.4. The second-order valence-electron chi connectivity index (χ2n) is 30.6. The molecule has 0 aliphatic carbocycles. The molecule has 0 radical (unpaired) electrons. The number of ether oxygens (including phenoxy) is 1. The molecule has 2 atom stereocenters. The van der Waals surface area contributed by atoms with Crippen LogP contribution >= 0.6 is 0 Å². The number of hydrogen-bond acceptors (Lipinski definition) is 5. The minimum absolute atomic E-state index is 0.0116. The predicted octanol–water partition coefficient (Wildman–Crippen LogP) is 29.6. The molecule has 0 aromatic heterocycles. The molecule has 0 aliphatic heterocycles. The molecular formula is C89H173NO5. The van der Waals surface area contributed by atoms with Gasteiger partial charge in [0.1, 0.15) is 0 Å². The maximum atomic E-state index is 12.6. The third-order valence-electron chi connectivity index (χ3n) is 21.0. The summed E-state index contributed by atoms with van der Waals surface area (Å²) in [7, 11) is 0. The molecule has 3 N–H and O–H groups in total. The highest BCUT2D eigenvalue weighted by Gasteiger charge is 2.20. The summed E-state index contributed by atoms with van der Waals surface area (Å²) in [5.41, 5.74) is 0. The van der Waals surface area contributed by atoms with Crippen LogP contribution in [0.5, 0.6) is 0 Å². The van der Waals surface area contributed by atoms with Gasteiger partial charge in [-0.05, 0) is 57.8 Å². The largest absolute Gasteiger partial charge is 0.466 e. The van der Waals surface area contributed by atoms with Gasteiger partial charge in [0.15, 0.2) is 0 Å². The van der Waals surface area contributed by atoms with E-state index in [1.807, 2.05) is 0 Å². The third-order valence-corrected chi connectivity index (χ3v) is 21.0. The second kappa shape index (κ2) is 84.8. The molecule has 0 aromatic rings. The molecule has 0 spiro atoms. The molecule has 6 nitrogen and oxygen atoms in total. The van der Waals surface area contributed by atoms with Crippen LogP contribution in [0.15, 0.2) is 24.3 Å². The van der Waals surface area contributed by atoms with Crippen molar-refractivity contribution >= 4 is 11.9 Å². The first kappa shape index (κ1) is 93.3. The standard InChI is InChI=1S/C89H173NO5/c1-3-5-7-9-11-13-15-17-19-21-22-23-41-44-47-50-53-57-61-65-69-73-77-81-87(92)86(85-91)90-88(93)82-78-74-70-66-62-58-54-51-48-45-42-39-37-35-33-31-29-27-25-24-26-28-30-32-34-36-38-40-43-46-49-52-56-60-64-68-72-76-80-84-95-89(94)83-79-75-71-67-63-59-55-20-18-16-14-12-10-8-6-4-2/h14,16,20,55,86-87,91-92H,3-13,15,17-19,21-54,56-85H2,1-2H3,(H,90,93)/b16-14-,55-20-.